The smallest absolute Gasteiger partial charge is 0.310 e. The van der Waals surface area contributed by atoms with Crippen molar-refractivity contribution in [2.75, 3.05) is 26.2 Å². The highest BCUT2D eigenvalue weighted by atomic mass is 16.5. The third kappa shape index (κ3) is 4.35. The molecule has 1 fully saturated rings. The van der Waals surface area contributed by atoms with Gasteiger partial charge in [-0.15, -0.1) is 6.58 Å². The fraction of sp³-hybridized carbons (Fsp3) is 0.769. The standard InChI is InChI=1S/C13H23NO2/c1-4-16-13(15)12-6-5-8-14(10-12)9-7-11(2)3/h12H,2,4-10H2,1,3H3/t12-/m0/s1. The summed E-state index contributed by atoms with van der Waals surface area (Å²) in [5, 5.41) is 0. The number of esters is 1. The molecule has 1 aliphatic rings. The topological polar surface area (TPSA) is 29.5 Å². The van der Waals surface area contributed by atoms with Gasteiger partial charge in [-0.2, -0.15) is 0 Å². The molecule has 0 saturated carbocycles. The fourth-order valence-corrected chi connectivity index (χ4v) is 2.06. The van der Waals surface area contributed by atoms with Gasteiger partial charge >= 0.3 is 5.97 Å². The minimum Gasteiger partial charge on any atom is -0.466 e. The van der Waals surface area contributed by atoms with E-state index in [0.29, 0.717) is 6.61 Å². The maximum atomic E-state index is 11.6. The van der Waals surface area contributed by atoms with E-state index in [1.54, 1.807) is 0 Å². The van der Waals surface area contributed by atoms with Gasteiger partial charge in [0.05, 0.1) is 12.5 Å². The minimum absolute atomic E-state index is 0.0254. The van der Waals surface area contributed by atoms with E-state index in [0.717, 1.165) is 38.9 Å². The molecule has 3 heteroatoms. The second kappa shape index (κ2) is 6.69. The second-order valence-electron chi connectivity index (χ2n) is 4.60. The van der Waals surface area contributed by atoms with Gasteiger partial charge in [0.25, 0.3) is 0 Å². The lowest BCUT2D eigenvalue weighted by Crippen LogP contribution is -2.39. The van der Waals surface area contributed by atoms with E-state index < -0.39 is 0 Å². The second-order valence-corrected chi connectivity index (χ2v) is 4.60. The van der Waals surface area contributed by atoms with Crippen molar-refractivity contribution in [2.24, 2.45) is 5.92 Å². The lowest BCUT2D eigenvalue weighted by molar-refractivity contribution is -0.149. The zero-order chi connectivity index (χ0) is 12.0. The molecule has 3 nitrogen and oxygen atoms in total. The first kappa shape index (κ1) is 13.2. The van der Waals surface area contributed by atoms with E-state index in [-0.39, 0.29) is 11.9 Å². The third-order valence-electron chi connectivity index (χ3n) is 2.98. The normalized spacial score (nSPS) is 21.8. The molecule has 0 aromatic carbocycles. The monoisotopic (exact) mass is 225 g/mol. The Bertz CT molecular complexity index is 250. The number of likely N-dealkylation sites (tertiary alicyclic amines) is 1. The van der Waals surface area contributed by atoms with Crippen LogP contribution in [0.5, 0.6) is 0 Å². The first-order valence-corrected chi connectivity index (χ1v) is 6.16. The van der Waals surface area contributed by atoms with Crippen LogP contribution in [0.25, 0.3) is 0 Å². The number of piperidine rings is 1. The summed E-state index contributed by atoms with van der Waals surface area (Å²) in [5.41, 5.74) is 1.21. The Morgan fingerprint density at radius 3 is 2.94 bits per heavy atom. The maximum Gasteiger partial charge on any atom is 0.310 e. The van der Waals surface area contributed by atoms with Crippen LogP contribution in [0.1, 0.15) is 33.1 Å². The molecule has 1 atom stereocenters. The van der Waals surface area contributed by atoms with E-state index in [9.17, 15) is 4.79 Å². The van der Waals surface area contributed by atoms with Gasteiger partial charge in [0.15, 0.2) is 0 Å². The highest BCUT2D eigenvalue weighted by Gasteiger charge is 2.26. The van der Waals surface area contributed by atoms with Gasteiger partial charge in [-0.05, 0) is 39.7 Å². The third-order valence-corrected chi connectivity index (χ3v) is 2.98. The molecular formula is C13H23NO2. The molecule has 0 unspecified atom stereocenters. The van der Waals surface area contributed by atoms with Crippen LogP contribution in [0.3, 0.4) is 0 Å². The summed E-state index contributed by atoms with van der Waals surface area (Å²) < 4.78 is 5.07. The Labute approximate surface area is 98.5 Å². The van der Waals surface area contributed by atoms with Crippen molar-refractivity contribution in [3.05, 3.63) is 12.2 Å². The van der Waals surface area contributed by atoms with Crippen LogP contribution < -0.4 is 0 Å². The van der Waals surface area contributed by atoms with Gasteiger partial charge in [-0.1, -0.05) is 5.57 Å². The zero-order valence-electron chi connectivity index (χ0n) is 10.5. The Kier molecular flexibility index (Phi) is 5.53. The summed E-state index contributed by atoms with van der Waals surface area (Å²) in [6, 6.07) is 0. The number of rotatable bonds is 5. The molecule has 1 rings (SSSR count). The first-order valence-electron chi connectivity index (χ1n) is 6.16. The van der Waals surface area contributed by atoms with Gasteiger partial charge in [-0.25, -0.2) is 0 Å². The van der Waals surface area contributed by atoms with E-state index in [1.807, 2.05) is 13.8 Å². The van der Waals surface area contributed by atoms with Crippen molar-refractivity contribution < 1.29 is 9.53 Å². The van der Waals surface area contributed by atoms with Crippen molar-refractivity contribution in [3.8, 4) is 0 Å². The van der Waals surface area contributed by atoms with Crippen molar-refractivity contribution in [1.82, 2.24) is 4.90 Å². The Morgan fingerprint density at radius 2 is 2.31 bits per heavy atom. The van der Waals surface area contributed by atoms with E-state index >= 15 is 0 Å². The highest BCUT2D eigenvalue weighted by Crippen LogP contribution is 2.18. The molecule has 16 heavy (non-hydrogen) atoms. The fourth-order valence-electron chi connectivity index (χ4n) is 2.06. The number of carbonyl (C=O) groups excluding carboxylic acids is 1. The van der Waals surface area contributed by atoms with E-state index in [1.165, 1.54) is 5.57 Å². The number of hydrogen-bond acceptors (Lipinski definition) is 3. The summed E-state index contributed by atoms with van der Waals surface area (Å²) >= 11 is 0. The summed E-state index contributed by atoms with van der Waals surface area (Å²) in [4.78, 5) is 14.0. The number of ether oxygens (including phenoxy) is 1. The molecule has 1 heterocycles. The molecule has 0 amide bonds. The molecule has 0 aromatic rings. The van der Waals surface area contributed by atoms with Crippen LogP contribution in [0.4, 0.5) is 0 Å². The highest BCUT2D eigenvalue weighted by molar-refractivity contribution is 5.72. The molecular weight excluding hydrogens is 202 g/mol. The molecule has 1 aliphatic heterocycles. The van der Waals surface area contributed by atoms with Crippen LogP contribution in [-0.4, -0.2) is 37.1 Å². The average molecular weight is 225 g/mol. The predicted molar refractivity (Wildman–Crippen MR) is 65.2 cm³/mol. The molecule has 0 radical (unpaired) electrons. The number of hydrogen-bond donors (Lipinski definition) is 0. The molecule has 0 aliphatic carbocycles. The Balaban J connectivity index is 2.34. The molecule has 92 valence electrons. The van der Waals surface area contributed by atoms with Crippen molar-refractivity contribution >= 4 is 5.97 Å². The Morgan fingerprint density at radius 1 is 1.56 bits per heavy atom. The van der Waals surface area contributed by atoms with Crippen LogP contribution >= 0.6 is 0 Å². The average Bonchev–Trinajstić information content (AvgIpc) is 2.27. The summed E-state index contributed by atoms with van der Waals surface area (Å²) in [7, 11) is 0. The number of nitrogens with zero attached hydrogens (tertiary/aromatic N) is 1. The molecule has 0 aromatic heterocycles. The van der Waals surface area contributed by atoms with Crippen molar-refractivity contribution in [1.29, 1.82) is 0 Å². The minimum atomic E-state index is -0.0254. The Hall–Kier alpha value is -0.830. The predicted octanol–water partition coefficient (Wildman–Crippen LogP) is 2.23. The largest absolute Gasteiger partial charge is 0.466 e. The molecule has 0 N–H and O–H groups in total. The first-order chi connectivity index (χ1) is 7.63. The van der Waals surface area contributed by atoms with Gasteiger partial charge in [0.1, 0.15) is 0 Å². The van der Waals surface area contributed by atoms with E-state index in [4.69, 9.17) is 4.74 Å². The van der Waals surface area contributed by atoms with Crippen LogP contribution in [0.2, 0.25) is 0 Å². The zero-order valence-corrected chi connectivity index (χ0v) is 10.5. The number of carbonyl (C=O) groups is 1. The van der Waals surface area contributed by atoms with Crippen LogP contribution in [-0.2, 0) is 9.53 Å². The van der Waals surface area contributed by atoms with Crippen LogP contribution in [0, 0.1) is 5.92 Å². The molecule has 0 spiro atoms. The maximum absolute atomic E-state index is 11.6. The van der Waals surface area contributed by atoms with Crippen molar-refractivity contribution in [3.63, 3.8) is 0 Å². The molecule has 1 saturated heterocycles. The van der Waals surface area contributed by atoms with Gasteiger partial charge in [-0.3, -0.25) is 4.79 Å². The summed E-state index contributed by atoms with van der Waals surface area (Å²) in [5.74, 6) is 0.0568. The van der Waals surface area contributed by atoms with Gasteiger partial charge in [0, 0.05) is 13.1 Å². The van der Waals surface area contributed by atoms with Crippen molar-refractivity contribution in [2.45, 2.75) is 33.1 Å². The lowest BCUT2D eigenvalue weighted by Gasteiger charge is -2.31. The lowest BCUT2D eigenvalue weighted by atomic mass is 9.98. The van der Waals surface area contributed by atoms with Crippen LogP contribution in [0.15, 0.2) is 12.2 Å². The molecule has 0 bridgehead atoms. The quantitative estimate of drug-likeness (QED) is 0.531. The summed E-state index contributed by atoms with van der Waals surface area (Å²) in [6.45, 7) is 11.3. The summed E-state index contributed by atoms with van der Waals surface area (Å²) in [6.07, 6.45) is 3.09. The van der Waals surface area contributed by atoms with Gasteiger partial charge < -0.3 is 9.64 Å². The van der Waals surface area contributed by atoms with Gasteiger partial charge in [0.2, 0.25) is 0 Å². The van der Waals surface area contributed by atoms with E-state index in [2.05, 4.69) is 11.5 Å². The SMILES string of the molecule is C=C(C)CCN1CCC[C@H](C(=O)OCC)C1.